The Balaban J connectivity index is 1.87. The van der Waals surface area contributed by atoms with Gasteiger partial charge < -0.3 is 11.1 Å². The number of hydrogen-bond acceptors (Lipinski definition) is 2. The molecule has 0 aromatic heterocycles. The maximum atomic E-state index is 12.5. The standard InChI is InChI=1S/C16H30N2O/c1-15(2)10-7-12(8-11-15)18-14(19)13-6-4-5-9-16(13,3)17/h12-13H,4-11,17H2,1-3H3,(H,18,19). The second-order valence-electron chi connectivity index (χ2n) is 7.75. The number of nitrogens with one attached hydrogen (secondary N) is 1. The molecule has 2 fully saturated rings. The highest BCUT2D eigenvalue weighted by Crippen LogP contribution is 2.36. The average Bonchev–Trinajstić information content (AvgIpc) is 2.31. The van der Waals surface area contributed by atoms with Gasteiger partial charge in [-0.1, -0.05) is 26.7 Å². The summed E-state index contributed by atoms with van der Waals surface area (Å²) < 4.78 is 0. The number of nitrogens with two attached hydrogens (primary N) is 1. The summed E-state index contributed by atoms with van der Waals surface area (Å²) in [5.74, 6) is 0.214. The van der Waals surface area contributed by atoms with E-state index in [1.54, 1.807) is 0 Å². The molecular weight excluding hydrogens is 236 g/mol. The molecule has 3 nitrogen and oxygen atoms in total. The highest BCUT2D eigenvalue weighted by molar-refractivity contribution is 5.80. The molecule has 0 aromatic rings. The largest absolute Gasteiger partial charge is 0.353 e. The highest BCUT2D eigenvalue weighted by atomic mass is 16.2. The Morgan fingerprint density at radius 1 is 1.05 bits per heavy atom. The SMILES string of the molecule is CC1(C)CCC(NC(=O)C2CCCCC2(C)N)CC1. The molecule has 0 saturated heterocycles. The normalized spacial score (nSPS) is 35.9. The van der Waals surface area contributed by atoms with Gasteiger partial charge >= 0.3 is 0 Å². The van der Waals surface area contributed by atoms with Gasteiger partial charge in [-0.15, -0.1) is 0 Å². The fourth-order valence-corrected chi connectivity index (χ4v) is 3.63. The minimum Gasteiger partial charge on any atom is -0.353 e. The predicted octanol–water partition coefficient (Wildman–Crippen LogP) is 2.98. The van der Waals surface area contributed by atoms with Crippen LogP contribution in [0.25, 0.3) is 0 Å². The Hall–Kier alpha value is -0.570. The van der Waals surface area contributed by atoms with Gasteiger partial charge in [-0.05, 0) is 50.9 Å². The predicted molar refractivity (Wildman–Crippen MR) is 78.7 cm³/mol. The number of carbonyl (C=O) groups is 1. The van der Waals surface area contributed by atoms with E-state index < -0.39 is 0 Å². The molecule has 2 aliphatic rings. The molecule has 0 aromatic carbocycles. The zero-order valence-electron chi connectivity index (χ0n) is 12.8. The number of rotatable bonds is 2. The van der Waals surface area contributed by atoms with Crippen molar-refractivity contribution >= 4 is 5.91 Å². The minimum absolute atomic E-state index is 0.0104. The van der Waals surface area contributed by atoms with Crippen molar-refractivity contribution in [3.8, 4) is 0 Å². The molecule has 0 radical (unpaired) electrons. The summed E-state index contributed by atoms with van der Waals surface area (Å²) in [4.78, 5) is 12.5. The second kappa shape index (κ2) is 5.43. The molecule has 0 bridgehead atoms. The molecule has 3 heteroatoms. The van der Waals surface area contributed by atoms with Gasteiger partial charge in [0.25, 0.3) is 0 Å². The van der Waals surface area contributed by atoms with Crippen LogP contribution in [0.15, 0.2) is 0 Å². The van der Waals surface area contributed by atoms with Crippen molar-refractivity contribution < 1.29 is 4.79 Å². The van der Waals surface area contributed by atoms with Crippen LogP contribution in [0, 0.1) is 11.3 Å². The van der Waals surface area contributed by atoms with Gasteiger partial charge in [-0.3, -0.25) is 4.79 Å². The van der Waals surface area contributed by atoms with Gasteiger partial charge in [0.2, 0.25) is 5.91 Å². The Morgan fingerprint density at radius 2 is 1.68 bits per heavy atom. The number of hydrogen-bond donors (Lipinski definition) is 2. The van der Waals surface area contributed by atoms with Crippen molar-refractivity contribution in [3.63, 3.8) is 0 Å². The van der Waals surface area contributed by atoms with Crippen LogP contribution in [0.1, 0.15) is 72.1 Å². The molecule has 3 N–H and O–H groups in total. The van der Waals surface area contributed by atoms with Crippen LogP contribution >= 0.6 is 0 Å². The van der Waals surface area contributed by atoms with Gasteiger partial charge in [0.15, 0.2) is 0 Å². The molecule has 2 atom stereocenters. The zero-order valence-corrected chi connectivity index (χ0v) is 12.8. The van der Waals surface area contributed by atoms with Crippen LogP contribution in [0.3, 0.4) is 0 Å². The third kappa shape index (κ3) is 3.71. The summed E-state index contributed by atoms with van der Waals surface area (Å²) in [6.07, 6.45) is 8.89. The average molecular weight is 266 g/mol. The first-order valence-electron chi connectivity index (χ1n) is 7.89. The molecule has 19 heavy (non-hydrogen) atoms. The molecular formula is C16H30N2O. The van der Waals surface area contributed by atoms with Gasteiger partial charge in [-0.2, -0.15) is 0 Å². The van der Waals surface area contributed by atoms with E-state index in [1.807, 2.05) is 6.92 Å². The van der Waals surface area contributed by atoms with Crippen LogP contribution < -0.4 is 11.1 Å². The molecule has 0 aliphatic heterocycles. The van der Waals surface area contributed by atoms with Gasteiger partial charge in [0.1, 0.15) is 0 Å². The molecule has 0 spiro atoms. The topological polar surface area (TPSA) is 55.1 Å². The first kappa shape index (κ1) is 14.8. The summed E-state index contributed by atoms with van der Waals surface area (Å²) in [5, 5.41) is 3.26. The van der Waals surface area contributed by atoms with E-state index in [4.69, 9.17) is 5.73 Å². The van der Waals surface area contributed by atoms with Crippen LogP contribution in [0.4, 0.5) is 0 Å². The third-order valence-electron chi connectivity index (χ3n) is 5.26. The summed E-state index contributed by atoms with van der Waals surface area (Å²) in [7, 11) is 0. The van der Waals surface area contributed by atoms with Crippen LogP contribution in [-0.2, 0) is 4.79 Å². The van der Waals surface area contributed by atoms with Gasteiger partial charge in [-0.25, -0.2) is 0 Å². The smallest absolute Gasteiger partial charge is 0.225 e. The van der Waals surface area contributed by atoms with Crippen molar-refractivity contribution in [2.24, 2.45) is 17.1 Å². The van der Waals surface area contributed by atoms with Crippen molar-refractivity contribution in [2.75, 3.05) is 0 Å². The summed E-state index contributed by atoms with van der Waals surface area (Å²) >= 11 is 0. The number of carbonyl (C=O) groups excluding carboxylic acids is 1. The Morgan fingerprint density at radius 3 is 2.26 bits per heavy atom. The van der Waals surface area contributed by atoms with E-state index in [-0.39, 0.29) is 17.4 Å². The molecule has 1 amide bonds. The van der Waals surface area contributed by atoms with Gasteiger partial charge in [0, 0.05) is 11.6 Å². The lowest BCUT2D eigenvalue weighted by atomic mass is 9.73. The summed E-state index contributed by atoms with van der Waals surface area (Å²) in [6.45, 7) is 6.69. The third-order valence-corrected chi connectivity index (χ3v) is 5.26. The Kier molecular flexibility index (Phi) is 4.24. The molecule has 110 valence electrons. The van der Waals surface area contributed by atoms with Crippen LogP contribution in [0.5, 0.6) is 0 Å². The minimum atomic E-state index is -0.309. The fourth-order valence-electron chi connectivity index (χ4n) is 3.63. The molecule has 2 saturated carbocycles. The van der Waals surface area contributed by atoms with Crippen LogP contribution in [-0.4, -0.2) is 17.5 Å². The van der Waals surface area contributed by atoms with E-state index in [0.717, 1.165) is 38.5 Å². The lowest BCUT2D eigenvalue weighted by Crippen LogP contribution is -2.54. The van der Waals surface area contributed by atoms with Gasteiger partial charge in [0.05, 0.1) is 5.92 Å². The van der Waals surface area contributed by atoms with E-state index >= 15 is 0 Å². The first-order valence-corrected chi connectivity index (χ1v) is 7.89. The molecule has 2 aliphatic carbocycles. The summed E-state index contributed by atoms with van der Waals surface area (Å²) in [6, 6.07) is 0.373. The maximum absolute atomic E-state index is 12.5. The maximum Gasteiger partial charge on any atom is 0.225 e. The fraction of sp³-hybridized carbons (Fsp3) is 0.938. The Bertz CT molecular complexity index is 326. The lowest BCUT2D eigenvalue weighted by Gasteiger charge is -2.39. The van der Waals surface area contributed by atoms with Crippen molar-refractivity contribution in [1.82, 2.24) is 5.32 Å². The highest BCUT2D eigenvalue weighted by Gasteiger charge is 2.38. The van der Waals surface area contributed by atoms with E-state index in [0.29, 0.717) is 11.5 Å². The van der Waals surface area contributed by atoms with E-state index in [9.17, 15) is 4.79 Å². The number of amides is 1. The van der Waals surface area contributed by atoms with Crippen LogP contribution in [0.2, 0.25) is 0 Å². The molecule has 0 heterocycles. The van der Waals surface area contributed by atoms with Crippen molar-refractivity contribution in [2.45, 2.75) is 83.7 Å². The van der Waals surface area contributed by atoms with Crippen molar-refractivity contribution in [1.29, 1.82) is 0 Å². The van der Waals surface area contributed by atoms with E-state index in [1.165, 1.54) is 12.8 Å². The quantitative estimate of drug-likeness (QED) is 0.807. The molecule has 2 rings (SSSR count). The Labute approximate surface area is 117 Å². The molecule has 2 unspecified atom stereocenters. The summed E-state index contributed by atoms with van der Waals surface area (Å²) in [5.41, 5.74) is 6.45. The van der Waals surface area contributed by atoms with E-state index in [2.05, 4.69) is 19.2 Å². The second-order valence-corrected chi connectivity index (χ2v) is 7.75. The monoisotopic (exact) mass is 266 g/mol. The lowest BCUT2D eigenvalue weighted by molar-refractivity contribution is -0.129. The first-order chi connectivity index (χ1) is 8.80. The zero-order chi connectivity index (χ0) is 14.1. The van der Waals surface area contributed by atoms with Crippen molar-refractivity contribution in [3.05, 3.63) is 0 Å².